The average molecular weight is 452 g/mol. The van der Waals surface area contributed by atoms with E-state index in [9.17, 15) is 0 Å². The summed E-state index contributed by atoms with van der Waals surface area (Å²) in [5.41, 5.74) is 14.5. The molecule has 1 saturated heterocycles. The van der Waals surface area contributed by atoms with Crippen LogP contribution in [0.3, 0.4) is 0 Å². The predicted molar refractivity (Wildman–Crippen MR) is 127 cm³/mol. The van der Waals surface area contributed by atoms with Gasteiger partial charge in [-0.25, -0.2) is 0 Å². The van der Waals surface area contributed by atoms with E-state index in [0.29, 0.717) is 12.4 Å². The van der Waals surface area contributed by atoms with Crippen molar-refractivity contribution in [2.24, 2.45) is 10.1 Å². The number of likely N-dealkylation sites (tertiary alicyclic amines) is 1. The lowest BCUT2D eigenvalue weighted by Gasteiger charge is -2.15. The minimum atomic E-state index is 0.440. The molecule has 5 rings (SSSR count). The Morgan fingerprint density at radius 1 is 1.19 bits per heavy atom. The van der Waals surface area contributed by atoms with Gasteiger partial charge in [0.15, 0.2) is 5.84 Å². The third kappa shape index (κ3) is 3.84. The standard InChI is InChI=1S/C23H29N7OS/c1-14-11-25-19(15(2)22(14)31-3)12-30-26-18-10-16(6-9-29-7-4-5-8-29)17-13-32-28-23(24)21(27-30)20(17)18/h10-11H,4-9,12-13H2,1-3H3,(H2,24,28). The van der Waals surface area contributed by atoms with E-state index in [-0.39, 0.29) is 0 Å². The second kappa shape index (κ2) is 8.71. The number of hydrogen-bond acceptors (Lipinski definition) is 8. The Kier molecular flexibility index (Phi) is 5.77. The van der Waals surface area contributed by atoms with Crippen LogP contribution in [0.1, 0.15) is 46.5 Å². The van der Waals surface area contributed by atoms with Crippen LogP contribution in [-0.4, -0.2) is 57.5 Å². The molecule has 0 saturated carbocycles. The van der Waals surface area contributed by atoms with Gasteiger partial charge in [0.05, 0.1) is 18.5 Å². The molecule has 32 heavy (non-hydrogen) atoms. The zero-order valence-corrected chi connectivity index (χ0v) is 19.7. The fourth-order valence-electron chi connectivity index (χ4n) is 4.79. The summed E-state index contributed by atoms with van der Waals surface area (Å²) in [6.07, 6.45) is 5.46. The van der Waals surface area contributed by atoms with Gasteiger partial charge in [0.2, 0.25) is 0 Å². The van der Waals surface area contributed by atoms with E-state index in [2.05, 4.69) is 20.3 Å². The Morgan fingerprint density at radius 3 is 2.78 bits per heavy atom. The van der Waals surface area contributed by atoms with Gasteiger partial charge in [0.1, 0.15) is 18.0 Å². The van der Waals surface area contributed by atoms with Crippen LogP contribution in [0.4, 0.5) is 0 Å². The first-order valence-electron chi connectivity index (χ1n) is 11.1. The van der Waals surface area contributed by atoms with Crippen molar-refractivity contribution in [1.82, 2.24) is 24.9 Å². The van der Waals surface area contributed by atoms with Crippen LogP contribution in [-0.2, 0) is 18.7 Å². The molecule has 4 heterocycles. The molecule has 0 radical (unpaired) electrons. The lowest BCUT2D eigenvalue weighted by Crippen LogP contribution is -2.22. The maximum absolute atomic E-state index is 6.33. The van der Waals surface area contributed by atoms with Gasteiger partial charge in [0.25, 0.3) is 0 Å². The summed E-state index contributed by atoms with van der Waals surface area (Å²) in [5, 5.41) is 9.64. The van der Waals surface area contributed by atoms with E-state index >= 15 is 0 Å². The van der Waals surface area contributed by atoms with Crippen LogP contribution < -0.4 is 10.5 Å². The first kappa shape index (κ1) is 21.2. The lowest BCUT2D eigenvalue weighted by molar-refractivity contribution is 0.343. The Morgan fingerprint density at radius 2 is 2.00 bits per heavy atom. The van der Waals surface area contributed by atoms with Crippen molar-refractivity contribution in [2.45, 2.75) is 45.4 Å². The molecule has 0 atom stereocenters. The number of aryl methyl sites for hydroxylation is 1. The number of aromatic nitrogens is 4. The molecular formula is C23H29N7OS. The second-order valence-electron chi connectivity index (χ2n) is 8.58. The first-order chi connectivity index (χ1) is 15.5. The molecule has 8 nitrogen and oxygen atoms in total. The molecule has 0 bridgehead atoms. The summed E-state index contributed by atoms with van der Waals surface area (Å²) in [7, 11) is 1.69. The predicted octanol–water partition coefficient (Wildman–Crippen LogP) is 2.96. The second-order valence-corrected chi connectivity index (χ2v) is 9.31. The van der Waals surface area contributed by atoms with Crippen molar-refractivity contribution >= 4 is 17.8 Å². The third-order valence-electron chi connectivity index (χ3n) is 6.48. The summed E-state index contributed by atoms with van der Waals surface area (Å²) in [5.74, 6) is 2.11. The summed E-state index contributed by atoms with van der Waals surface area (Å²) < 4.78 is 10.0. The summed E-state index contributed by atoms with van der Waals surface area (Å²) in [4.78, 5) is 8.85. The van der Waals surface area contributed by atoms with E-state index in [0.717, 1.165) is 58.2 Å². The molecule has 2 N–H and O–H groups in total. The van der Waals surface area contributed by atoms with E-state index in [1.165, 1.54) is 49.0 Å². The fraction of sp³-hybridized carbons (Fsp3) is 0.478. The molecule has 4 aliphatic rings. The van der Waals surface area contributed by atoms with Gasteiger partial charge in [-0.1, -0.05) is 0 Å². The topological polar surface area (TPSA) is 94.5 Å². The van der Waals surface area contributed by atoms with Crippen LogP contribution in [0, 0.1) is 13.8 Å². The van der Waals surface area contributed by atoms with Crippen molar-refractivity contribution in [3.05, 3.63) is 45.9 Å². The highest BCUT2D eigenvalue weighted by atomic mass is 32.2. The summed E-state index contributed by atoms with van der Waals surface area (Å²) >= 11 is 1.49. The molecule has 9 heteroatoms. The van der Waals surface area contributed by atoms with Gasteiger partial charge in [-0.2, -0.15) is 19.4 Å². The highest BCUT2D eigenvalue weighted by Crippen LogP contribution is 2.38. The average Bonchev–Trinajstić information content (AvgIpc) is 3.38. The number of nitrogens with zero attached hydrogens (tertiary/aromatic N) is 6. The number of ether oxygens (including phenoxy) is 1. The number of hydrogen-bond donors (Lipinski definition) is 1. The van der Waals surface area contributed by atoms with E-state index in [1.54, 1.807) is 11.9 Å². The fourth-order valence-corrected chi connectivity index (χ4v) is 5.54. The van der Waals surface area contributed by atoms with E-state index < -0.39 is 0 Å². The van der Waals surface area contributed by atoms with Gasteiger partial charge >= 0.3 is 0 Å². The molecular weight excluding hydrogens is 422 g/mol. The number of rotatable bonds is 6. The zero-order valence-electron chi connectivity index (χ0n) is 18.9. The maximum Gasteiger partial charge on any atom is 0.160 e. The Labute approximate surface area is 192 Å². The molecule has 0 unspecified atom stereocenters. The van der Waals surface area contributed by atoms with E-state index in [1.807, 2.05) is 20.0 Å². The van der Waals surface area contributed by atoms with Crippen molar-refractivity contribution < 1.29 is 4.74 Å². The number of amidine groups is 1. The van der Waals surface area contributed by atoms with Gasteiger partial charge in [-0.3, -0.25) is 4.98 Å². The summed E-state index contributed by atoms with van der Waals surface area (Å²) in [6, 6.07) is 2.22. The number of pyridine rings is 1. The highest BCUT2D eigenvalue weighted by Gasteiger charge is 2.27. The molecule has 1 aliphatic carbocycles. The van der Waals surface area contributed by atoms with Gasteiger partial charge in [-0.15, -0.1) is 0 Å². The Balaban J connectivity index is 1.52. The zero-order chi connectivity index (χ0) is 22.2. The third-order valence-corrected chi connectivity index (χ3v) is 7.23. The van der Waals surface area contributed by atoms with Crippen LogP contribution >= 0.6 is 11.9 Å². The molecule has 0 amide bonds. The van der Waals surface area contributed by atoms with Crippen LogP contribution in [0.25, 0.3) is 11.3 Å². The number of nitrogens with two attached hydrogens (primary N) is 1. The molecule has 0 aromatic carbocycles. The smallest absolute Gasteiger partial charge is 0.160 e. The van der Waals surface area contributed by atoms with Crippen LogP contribution in [0.5, 0.6) is 5.75 Å². The molecule has 3 aliphatic heterocycles. The number of methoxy groups -OCH3 is 1. The van der Waals surface area contributed by atoms with Crippen LogP contribution in [0.15, 0.2) is 16.7 Å². The minimum Gasteiger partial charge on any atom is -0.496 e. The Hall–Kier alpha value is -2.65. The monoisotopic (exact) mass is 451 g/mol. The maximum atomic E-state index is 6.33. The molecule has 1 aromatic heterocycles. The highest BCUT2D eigenvalue weighted by molar-refractivity contribution is 7.97. The van der Waals surface area contributed by atoms with Gasteiger partial charge in [0, 0.05) is 35.2 Å². The quantitative estimate of drug-likeness (QED) is 0.576. The molecule has 1 fully saturated rings. The van der Waals surface area contributed by atoms with E-state index in [4.69, 9.17) is 20.7 Å². The van der Waals surface area contributed by atoms with Gasteiger partial charge < -0.3 is 15.4 Å². The SMILES string of the molecule is COc1c(C)cnc(Cn2nc3cc(CCN4CCCC4)c4c-3c(n2)C(N)=NSC4)c1C. The normalized spacial score (nSPS) is 16.4. The molecule has 1 aromatic rings. The molecule has 0 spiro atoms. The minimum absolute atomic E-state index is 0.440. The summed E-state index contributed by atoms with van der Waals surface area (Å²) in [6.45, 7) is 7.95. The Bertz CT molecular complexity index is 1150. The first-order valence-corrected chi connectivity index (χ1v) is 12.1. The van der Waals surface area contributed by atoms with Crippen molar-refractivity contribution in [3.8, 4) is 17.0 Å². The van der Waals surface area contributed by atoms with Crippen molar-refractivity contribution in [2.75, 3.05) is 26.7 Å². The van der Waals surface area contributed by atoms with Gasteiger partial charge in [-0.05, 0) is 75.3 Å². The van der Waals surface area contributed by atoms with Crippen LogP contribution in [0.2, 0.25) is 0 Å². The lowest BCUT2D eigenvalue weighted by atomic mass is 10.1. The molecule has 168 valence electrons. The van der Waals surface area contributed by atoms with Crippen molar-refractivity contribution in [1.29, 1.82) is 0 Å². The van der Waals surface area contributed by atoms with Crippen molar-refractivity contribution in [3.63, 3.8) is 0 Å². The largest absolute Gasteiger partial charge is 0.496 e.